The summed E-state index contributed by atoms with van der Waals surface area (Å²) < 4.78 is 4.71. The van der Waals surface area contributed by atoms with Crippen molar-refractivity contribution >= 4 is 24.4 Å². The molecule has 15 nitrogen and oxygen atoms in total. The van der Waals surface area contributed by atoms with Crippen molar-refractivity contribution in [3.63, 3.8) is 0 Å². The predicted molar refractivity (Wildman–Crippen MR) is 203 cm³/mol. The van der Waals surface area contributed by atoms with Crippen LogP contribution in [-0.2, 0) is 19.3 Å². The Bertz CT molecular complexity index is 1920. The van der Waals surface area contributed by atoms with E-state index in [0.29, 0.717) is 18.9 Å². The molecular weight excluding hydrogens is 690 g/mol. The normalized spacial score (nSPS) is 17.8. The highest BCUT2D eigenvalue weighted by Gasteiger charge is 2.38. The molecule has 54 heavy (non-hydrogen) atoms. The summed E-state index contributed by atoms with van der Waals surface area (Å²) in [5, 5.41) is 1.29. The zero-order chi connectivity index (χ0) is 38.4. The van der Waals surface area contributed by atoms with E-state index in [4.69, 9.17) is 14.6 Å². The summed E-state index contributed by atoms with van der Waals surface area (Å²) in [5.41, 5.74) is 8.36. The third-order valence-electron chi connectivity index (χ3n) is 9.95. The number of hydrazine groups is 1. The molecule has 0 saturated carbocycles. The first kappa shape index (κ1) is 38.0. The van der Waals surface area contributed by atoms with Crippen LogP contribution < -0.4 is 5.43 Å². The largest absolute Gasteiger partial charge is 0.452 e. The lowest BCUT2D eigenvalue weighted by atomic mass is 10.0. The summed E-state index contributed by atoms with van der Waals surface area (Å²) in [6, 6.07) is 15.0. The number of methoxy groups -OCH3 is 1. The molecule has 4 amide bonds. The number of nitrogens with one attached hydrogen (secondary N) is 3. The van der Waals surface area contributed by atoms with Crippen molar-refractivity contribution < 1.29 is 28.9 Å². The number of carbonyl (C=O) groups excluding carboxylic acids is 3. The minimum absolute atomic E-state index is 0.0104. The molecule has 0 unspecified atom stereocenters. The number of hydrogen-bond donors (Lipinski definition) is 3. The van der Waals surface area contributed by atoms with Crippen LogP contribution in [0.5, 0.6) is 0 Å². The van der Waals surface area contributed by atoms with Gasteiger partial charge in [-0.15, -0.1) is 0 Å². The van der Waals surface area contributed by atoms with Crippen LogP contribution in [-0.4, -0.2) is 98.6 Å². The van der Waals surface area contributed by atoms with Crippen molar-refractivity contribution in [3.05, 3.63) is 72.6 Å². The molecule has 15 heteroatoms. The summed E-state index contributed by atoms with van der Waals surface area (Å²) in [6.07, 6.45) is 7.40. The van der Waals surface area contributed by atoms with Gasteiger partial charge in [-0.1, -0.05) is 62.4 Å². The Morgan fingerprint density at radius 1 is 0.815 bits per heavy atom. The average Bonchev–Trinajstić information content (AvgIpc) is 4.02. The molecule has 2 aromatic carbocycles. The molecule has 3 N–H and O–H groups in total. The minimum atomic E-state index is -0.695. The second kappa shape index (κ2) is 17.0. The Labute approximate surface area is 315 Å². The van der Waals surface area contributed by atoms with Gasteiger partial charge in [-0.3, -0.25) is 4.79 Å². The number of aromatic amines is 2. The molecule has 286 valence electrons. The predicted octanol–water partition coefficient (Wildman–Crippen LogP) is 6.67. The van der Waals surface area contributed by atoms with Gasteiger partial charge in [0.25, 0.3) is 0 Å². The fourth-order valence-electron chi connectivity index (χ4n) is 7.09. The monoisotopic (exact) mass is 739 g/mol. The number of amides is 4. The summed E-state index contributed by atoms with van der Waals surface area (Å²) in [5.74, 6) is 1.40. The fourth-order valence-corrected chi connectivity index (χ4v) is 7.09. The highest BCUT2D eigenvalue weighted by molar-refractivity contribution is 5.84. The van der Waals surface area contributed by atoms with Crippen LogP contribution in [0.3, 0.4) is 0 Å². The van der Waals surface area contributed by atoms with Crippen molar-refractivity contribution in [1.82, 2.24) is 40.2 Å². The molecule has 6 rings (SSSR count). The zero-order valence-corrected chi connectivity index (χ0v) is 31.6. The second-order valence-corrected chi connectivity index (χ2v) is 14.1. The van der Waals surface area contributed by atoms with Crippen LogP contribution in [0.15, 0.2) is 65.9 Å². The number of rotatable bonds is 11. The number of urea groups is 1. The first-order valence-electron chi connectivity index (χ1n) is 18.4. The standard InChI is InChI=1S/C39H49N9O6/c1-24(2)34(42-23-54-53-6)37(49)46-19-7-9-32(46)35-40-21-30(43-35)28-15-11-26(12-16-28)27-13-17-29(18-14-27)31-22-41-36(44-31)33-10-8-20-47(33)39(51)48(25(3)4)45-38(50)52-5/h11-18,21-25,32-34H,7-10,19-20H2,1-6H3,(H,40,43)(H,41,44)(H,45,50)/b42-23+/t32-,33-,34-/m0/s1. The van der Waals surface area contributed by atoms with Crippen LogP contribution in [0.2, 0.25) is 0 Å². The van der Waals surface area contributed by atoms with Crippen LogP contribution in [0.1, 0.15) is 77.1 Å². The number of aromatic nitrogens is 4. The quantitative estimate of drug-likeness (QED) is 0.0663. The lowest BCUT2D eigenvalue weighted by Gasteiger charge is -2.33. The first-order valence-corrected chi connectivity index (χ1v) is 18.4. The van der Waals surface area contributed by atoms with Gasteiger partial charge in [-0.2, -0.15) is 4.89 Å². The third kappa shape index (κ3) is 8.25. The number of H-pyrrole nitrogens is 2. The molecule has 0 radical (unpaired) electrons. The maximum atomic E-state index is 13.5. The van der Waals surface area contributed by atoms with Crippen molar-refractivity contribution in [2.75, 3.05) is 27.3 Å². The molecule has 2 aromatic heterocycles. The molecule has 0 spiro atoms. The molecule has 0 bridgehead atoms. The Hall–Kier alpha value is -5.70. The van der Waals surface area contributed by atoms with Gasteiger partial charge < -0.3 is 29.4 Å². The van der Waals surface area contributed by atoms with E-state index in [0.717, 1.165) is 65.1 Å². The molecule has 2 saturated heterocycles. The van der Waals surface area contributed by atoms with Gasteiger partial charge in [-0.25, -0.2) is 35.0 Å². The van der Waals surface area contributed by atoms with E-state index < -0.39 is 12.1 Å². The second-order valence-electron chi connectivity index (χ2n) is 14.1. The molecule has 3 atom stereocenters. The highest BCUT2D eigenvalue weighted by atomic mass is 17.2. The number of carbonyl (C=O) groups is 3. The van der Waals surface area contributed by atoms with Gasteiger partial charge in [0, 0.05) is 19.1 Å². The van der Waals surface area contributed by atoms with E-state index in [9.17, 15) is 14.4 Å². The summed E-state index contributed by atoms with van der Waals surface area (Å²) in [6.45, 7) is 8.78. The summed E-state index contributed by atoms with van der Waals surface area (Å²) >= 11 is 0. The van der Waals surface area contributed by atoms with E-state index >= 15 is 0 Å². The Balaban J connectivity index is 1.10. The van der Waals surface area contributed by atoms with E-state index in [1.165, 1.54) is 25.6 Å². The van der Waals surface area contributed by atoms with Gasteiger partial charge in [0.15, 0.2) is 0 Å². The average molecular weight is 740 g/mol. The first-order chi connectivity index (χ1) is 26.1. The van der Waals surface area contributed by atoms with Crippen molar-refractivity contribution in [2.24, 2.45) is 10.9 Å². The minimum Gasteiger partial charge on any atom is -0.452 e. The van der Waals surface area contributed by atoms with Crippen molar-refractivity contribution in [1.29, 1.82) is 0 Å². The van der Waals surface area contributed by atoms with Gasteiger partial charge in [0.2, 0.25) is 12.3 Å². The van der Waals surface area contributed by atoms with Crippen molar-refractivity contribution in [3.8, 4) is 33.6 Å². The number of likely N-dealkylation sites (tertiary alicyclic amines) is 2. The number of imidazole rings is 2. The van der Waals surface area contributed by atoms with Crippen LogP contribution >= 0.6 is 0 Å². The number of aliphatic imine (C=N–C) groups is 1. The molecule has 0 aliphatic carbocycles. The highest BCUT2D eigenvalue weighted by Crippen LogP contribution is 2.35. The number of nitrogens with zero attached hydrogens (tertiary/aromatic N) is 6. The Morgan fingerprint density at radius 2 is 1.31 bits per heavy atom. The lowest BCUT2D eigenvalue weighted by molar-refractivity contribution is -0.188. The lowest BCUT2D eigenvalue weighted by Crippen LogP contribution is -2.54. The number of ether oxygens (including phenoxy) is 1. The van der Waals surface area contributed by atoms with Gasteiger partial charge >= 0.3 is 12.1 Å². The smallest absolute Gasteiger partial charge is 0.425 e. The Kier molecular flexibility index (Phi) is 12.0. The van der Waals surface area contributed by atoms with E-state index in [1.54, 1.807) is 11.1 Å². The topological polar surface area (TPSA) is 170 Å². The maximum absolute atomic E-state index is 13.5. The van der Waals surface area contributed by atoms with E-state index in [1.807, 2.05) is 38.8 Å². The molecule has 4 heterocycles. The third-order valence-corrected chi connectivity index (χ3v) is 9.95. The van der Waals surface area contributed by atoms with Crippen LogP contribution in [0.25, 0.3) is 33.6 Å². The molecular formula is C39H49N9O6. The molecule has 2 aliphatic heterocycles. The van der Waals surface area contributed by atoms with E-state index in [-0.39, 0.29) is 36.0 Å². The fraction of sp³-hybridized carbons (Fsp3) is 0.436. The SMILES string of the molecule is COO/C=N/[C@H](C(=O)N1CCC[C@H]1c1ncc(-c2ccc(-c3ccc(-c4cnc([C@@H]5CCCN5C(=O)N(NC(=O)OC)C(C)C)[nH]4)cc3)cc2)[nH]1)C(C)C. The van der Waals surface area contributed by atoms with Gasteiger partial charge in [-0.05, 0) is 67.7 Å². The van der Waals surface area contributed by atoms with Crippen LogP contribution in [0.4, 0.5) is 9.59 Å². The van der Waals surface area contributed by atoms with E-state index in [2.05, 4.69) is 78.8 Å². The molecule has 2 aliphatic rings. The summed E-state index contributed by atoms with van der Waals surface area (Å²) in [4.78, 5) is 72.4. The van der Waals surface area contributed by atoms with Crippen molar-refractivity contribution in [2.45, 2.75) is 77.5 Å². The number of benzene rings is 2. The van der Waals surface area contributed by atoms with Crippen LogP contribution in [0, 0.1) is 5.92 Å². The molecule has 2 fully saturated rings. The zero-order valence-electron chi connectivity index (χ0n) is 31.6. The summed E-state index contributed by atoms with van der Waals surface area (Å²) in [7, 11) is 2.66. The number of hydrogen-bond acceptors (Lipinski definition) is 9. The Morgan fingerprint density at radius 3 is 1.80 bits per heavy atom. The molecule has 4 aromatic rings. The van der Waals surface area contributed by atoms with Gasteiger partial charge in [0.05, 0.1) is 50.1 Å². The maximum Gasteiger partial charge on any atom is 0.425 e. The van der Waals surface area contributed by atoms with Gasteiger partial charge in [0.1, 0.15) is 17.7 Å².